The third-order valence-electron chi connectivity index (χ3n) is 5.17. The normalized spacial score (nSPS) is 16.9. The standard InChI is InChI=1S/C22H32N6O/c1-5-21(29)27-12-11-19(15-27)25-22(23-6-2)24-14-18-9-7-8-10-20(18)28-17(4)13-16(3)26-28/h7-10,13,19H,5-6,11-12,14-15H2,1-4H3,(H2,23,24,25). The van der Waals surface area contributed by atoms with Crippen LogP contribution in [0.5, 0.6) is 0 Å². The molecule has 1 amide bonds. The summed E-state index contributed by atoms with van der Waals surface area (Å²) in [4.78, 5) is 18.7. The SMILES string of the molecule is CCNC(=NCc1ccccc1-n1nc(C)cc1C)NC1CCN(C(=O)CC)C1. The lowest BCUT2D eigenvalue weighted by molar-refractivity contribution is -0.129. The summed E-state index contributed by atoms with van der Waals surface area (Å²) < 4.78 is 1.98. The zero-order valence-corrected chi connectivity index (χ0v) is 17.9. The Morgan fingerprint density at radius 2 is 2.07 bits per heavy atom. The van der Waals surface area contributed by atoms with Crippen molar-refractivity contribution in [2.45, 2.75) is 53.1 Å². The van der Waals surface area contributed by atoms with Crippen molar-refractivity contribution in [1.82, 2.24) is 25.3 Å². The van der Waals surface area contributed by atoms with Gasteiger partial charge in [0.1, 0.15) is 0 Å². The number of aliphatic imine (C=N–C) groups is 1. The van der Waals surface area contributed by atoms with Gasteiger partial charge in [0.05, 0.1) is 17.9 Å². The van der Waals surface area contributed by atoms with Gasteiger partial charge in [0.2, 0.25) is 5.91 Å². The molecular formula is C22H32N6O. The Morgan fingerprint density at radius 1 is 1.28 bits per heavy atom. The third-order valence-corrected chi connectivity index (χ3v) is 5.17. The van der Waals surface area contributed by atoms with Crippen LogP contribution in [-0.2, 0) is 11.3 Å². The maximum Gasteiger partial charge on any atom is 0.222 e. The summed E-state index contributed by atoms with van der Waals surface area (Å²) in [5.74, 6) is 1.00. The van der Waals surface area contributed by atoms with E-state index in [0.29, 0.717) is 13.0 Å². The molecule has 2 N–H and O–H groups in total. The second-order valence-electron chi connectivity index (χ2n) is 7.49. The minimum Gasteiger partial charge on any atom is -0.357 e. The van der Waals surface area contributed by atoms with Crippen molar-refractivity contribution < 1.29 is 4.79 Å². The van der Waals surface area contributed by atoms with Gasteiger partial charge in [-0.1, -0.05) is 25.1 Å². The van der Waals surface area contributed by atoms with Crippen LogP contribution in [0.15, 0.2) is 35.3 Å². The van der Waals surface area contributed by atoms with Gasteiger partial charge < -0.3 is 15.5 Å². The Hall–Kier alpha value is -2.83. The number of para-hydroxylation sites is 1. The minimum atomic E-state index is 0.218. The van der Waals surface area contributed by atoms with Crippen LogP contribution in [0.25, 0.3) is 5.69 Å². The van der Waals surface area contributed by atoms with E-state index >= 15 is 0 Å². The summed E-state index contributed by atoms with van der Waals surface area (Å²) in [6, 6.07) is 10.5. The number of carbonyl (C=O) groups is 1. The number of benzene rings is 1. The molecule has 1 aromatic heterocycles. The zero-order chi connectivity index (χ0) is 20.8. The number of aromatic nitrogens is 2. The number of rotatable bonds is 6. The van der Waals surface area contributed by atoms with E-state index in [1.165, 1.54) is 0 Å². The first-order valence-corrected chi connectivity index (χ1v) is 10.5. The molecule has 0 bridgehead atoms. The average Bonchev–Trinajstić information content (AvgIpc) is 3.31. The highest BCUT2D eigenvalue weighted by atomic mass is 16.2. The van der Waals surface area contributed by atoms with Gasteiger partial charge in [0.25, 0.3) is 0 Å². The second-order valence-corrected chi connectivity index (χ2v) is 7.49. The number of aryl methyl sites for hydroxylation is 2. The summed E-state index contributed by atoms with van der Waals surface area (Å²) in [5, 5.41) is 11.4. The first kappa shape index (κ1) is 20.9. The second kappa shape index (κ2) is 9.58. The Labute approximate surface area is 173 Å². The number of nitrogens with zero attached hydrogens (tertiary/aromatic N) is 4. The van der Waals surface area contributed by atoms with E-state index in [-0.39, 0.29) is 11.9 Å². The lowest BCUT2D eigenvalue weighted by Gasteiger charge is -2.19. The fourth-order valence-electron chi connectivity index (χ4n) is 3.73. The lowest BCUT2D eigenvalue weighted by atomic mass is 10.2. The number of hydrogen-bond donors (Lipinski definition) is 2. The maximum atomic E-state index is 11.9. The van der Waals surface area contributed by atoms with Gasteiger partial charge >= 0.3 is 0 Å². The van der Waals surface area contributed by atoms with Crippen LogP contribution >= 0.6 is 0 Å². The van der Waals surface area contributed by atoms with Crippen molar-refractivity contribution in [3.8, 4) is 5.69 Å². The van der Waals surface area contributed by atoms with Crippen molar-refractivity contribution in [3.05, 3.63) is 47.3 Å². The molecule has 1 fully saturated rings. The van der Waals surface area contributed by atoms with Gasteiger partial charge in [-0.15, -0.1) is 0 Å². The van der Waals surface area contributed by atoms with E-state index < -0.39 is 0 Å². The van der Waals surface area contributed by atoms with Gasteiger partial charge in [0.15, 0.2) is 5.96 Å². The van der Waals surface area contributed by atoms with Crippen LogP contribution < -0.4 is 10.6 Å². The van der Waals surface area contributed by atoms with Crippen molar-refractivity contribution >= 4 is 11.9 Å². The van der Waals surface area contributed by atoms with Crippen LogP contribution in [0.4, 0.5) is 0 Å². The highest BCUT2D eigenvalue weighted by Crippen LogP contribution is 2.18. The number of guanidine groups is 1. The van der Waals surface area contributed by atoms with Crippen molar-refractivity contribution in [2.24, 2.45) is 4.99 Å². The minimum absolute atomic E-state index is 0.218. The highest BCUT2D eigenvalue weighted by Gasteiger charge is 2.25. The summed E-state index contributed by atoms with van der Waals surface area (Å²) in [7, 11) is 0. The van der Waals surface area contributed by atoms with Crippen molar-refractivity contribution in [1.29, 1.82) is 0 Å². The van der Waals surface area contributed by atoms with Crippen LogP contribution in [0.3, 0.4) is 0 Å². The first-order chi connectivity index (χ1) is 14.0. The largest absolute Gasteiger partial charge is 0.357 e. The van der Waals surface area contributed by atoms with Crippen LogP contribution in [0.1, 0.15) is 43.6 Å². The average molecular weight is 397 g/mol. The summed E-state index contributed by atoms with van der Waals surface area (Å²) in [6.07, 6.45) is 1.50. The Kier molecular flexibility index (Phi) is 6.90. The molecule has 1 aliphatic heterocycles. The summed E-state index contributed by atoms with van der Waals surface area (Å²) in [6.45, 7) is 10.9. The third kappa shape index (κ3) is 5.16. The number of nitrogens with one attached hydrogen (secondary N) is 2. The Balaban J connectivity index is 1.73. The fourth-order valence-corrected chi connectivity index (χ4v) is 3.73. The first-order valence-electron chi connectivity index (χ1n) is 10.5. The molecule has 2 aromatic rings. The topological polar surface area (TPSA) is 74.6 Å². The van der Waals surface area contributed by atoms with Crippen LogP contribution in [0.2, 0.25) is 0 Å². The quantitative estimate of drug-likeness (QED) is 0.581. The number of carbonyl (C=O) groups excluding carboxylic acids is 1. The van der Waals surface area contributed by atoms with Crippen LogP contribution in [0, 0.1) is 13.8 Å². The molecule has 1 atom stereocenters. The molecule has 29 heavy (non-hydrogen) atoms. The fraction of sp³-hybridized carbons (Fsp3) is 0.500. The molecule has 1 unspecified atom stereocenters. The molecule has 7 nitrogen and oxygen atoms in total. The van der Waals surface area contributed by atoms with Gasteiger partial charge in [-0.2, -0.15) is 5.10 Å². The summed E-state index contributed by atoms with van der Waals surface area (Å²) >= 11 is 0. The summed E-state index contributed by atoms with van der Waals surface area (Å²) in [5.41, 5.74) is 4.28. The van der Waals surface area contributed by atoms with E-state index in [1.807, 2.05) is 35.6 Å². The van der Waals surface area contributed by atoms with Gasteiger partial charge in [-0.25, -0.2) is 9.67 Å². The Bertz CT molecular complexity index is 872. The van der Waals surface area contributed by atoms with Crippen molar-refractivity contribution in [2.75, 3.05) is 19.6 Å². The molecule has 156 valence electrons. The number of amides is 1. The molecule has 1 saturated heterocycles. The zero-order valence-electron chi connectivity index (χ0n) is 17.9. The lowest BCUT2D eigenvalue weighted by Crippen LogP contribution is -2.45. The van der Waals surface area contributed by atoms with E-state index in [1.54, 1.807) is 0 Å². The molecule has 0 saturated carbocycles. The molecule has 3 rings (SSSR count). The van der Waals surface area contributed by atoms with Gasteiger partial charge in [-0.3, -0.25) is 4.79 Å². The monoisotopic (exact) mass is 396 g/mol. The highest BCUT2D eigenvalue weighted by molar-refractivity contribution is 5.80. The van der Waals surface area contributed by atoms with Gasteiger partial charge in [0, 0.05) is 37.8 Å². The molecule has 0 spiro atoms. The molecule has 2 heterocycles. The molecule has 0 radical (unpaired) electrons. The Morgan fingerprint density at radius 3 is 2.76 bits per heavy atom. The van der Waals surface area contributed by atoms with Gasteiger partial charge in [-0.05, 0) is 44.9 Å². The number of hydrogen-bond acceptors (Lipinski definition) is 3. The van der Waals surface area contributed by atoms with Crippen LogP contribution in [-0.4, -0.2) is 52.2 Å². The molecule has 1 aliphatic rings. The molecular weight excluding hydrogens is 364 g/mol. The molecule has 0 aliphatic carbocycles. The molecule has 1 aromatic carbocycles. The predicted octanol–water partition coefficient (Wildman–Crippen LogP) is 2.56. The predicted molar refractivity (Wildman–Crippen MR) is 116 cm³/mol. The maximum absolute atomic E-state index is 11.9. The van der Waals surface area contributed by atoms with E-state index in [4.69, 9.17) is 4.99 Å². The van der Waals surface area contributed by atoms with E-state index in [9.17, 15) is 4.79 Å². The van der Waals surface area contributed by atoms with E-state index in [0.717, 1.165) is 54.7 Å². The van der Waals surface area contributed by atoms with E-state index in [2.05, 4.69) is 47.8 Å². The number of likely N-dealkylation sites (tertiary alicyclic amines) is 1. The van der Waals surface area contributed by atoms with Crippen molar-refractivity contribution in [3.63, 3.8) is 0 Å². The molecule has 7 heteroatoms. The smallest absolute Gasteiger partial charge is 0.222 e.